The minimum Gasteiger partial charge on any atom is -0.772 e. The number of alkyl halides is 1. The Morgan fingerprint density at radius 2 is 1.92 bits per heavy atom. The quantitative estimate of drug-likeness (QED) is 0.555. The second kappa shape index (κ2) is 4.60. The molecule has 1 atom stereocenters. The summed E-state index contributed by atoms with van der Waals surface area (Å²) in [5.74, 6) is 0.399. The van der Waals surface area contributed by atoms with E-state index in [0.29, 0.717) is 5.88 Å². The third-order valence-electron chi connectivity index (χ3n) is 1.54. The Labute approximate surface area is 78.8 Å². The Bertz CT molecular complexity index is 288. The van der Waals surface area contributed by atoms with Crippen LogP contribution >= 0.6 is 11.6 Å². The molecular weight excluding hydrogens is 196 g/mol. The molecule has 1 aromatic rings. The van der Waals surface area contributed by atoms with Gasteiger partial charge in [0.2, 0.25) is 0 Å². The van der Waals surface area contributed by atoms with E-state index in [0.717, 1.165) is 11.1 Å². The van der Waals surface area contributed by atoms with Crippen LogP contribution < -0.4 is 0 Å². The normalized spacial score (nSPS) is 12.8. The smallest absolute Gasteiger partial charge is 0.0477 e. The van der Waals surface area contributed by atoms with E-state index in [1.54, 1.807) is 12.1 Å². The largest absolute Gasteiger partial charge is 0.772 e. The van der Waals surface area contributed by atoms with E-state index in [2.05, 4.69) is 0 Å². The molecule has 2 nitrogen and oxygen atoms in total. The number of rotatable bonds is 3. The molecule has 1 aromatic carbocycles. The lowest BCUT2D eigenvalue weighted by Crippen LogP contribution is -1.96. The lowest BCUT2D eigenvalue weighted by atomic mass is 10.1. The summed E-state index contributed by atoms with van der Waals surface area (Å²) in [7, 11) is 0. The van der Waals surface area contributed by atoms with Crippen molar-refractivity contribution in [2.24, 2.45) is 0 Å². The molecule has 12 heavy (non-hydrogen) atoms. The van der Waals surface area contributed by atoms with Gasteiger partial charge in [0.15, 0.2) is 0 Å². The molecule has 0 amide bonds. The van der Waals surface area contributed by atoms with Crippen molar-refractivity contribution >= 4 is 22.7 Å². The summed E-state index contributed by atoms with van der Waals surface area (Å²) in [6.45, 7) is 0. The molecule has 0 saturated heterocycles. The molecule has 0 aliphatic rings. The van der Waals surface area contributed by atoms with Crippen LogP contribution in [0.15, 0.2) is 24.3 Å². The summed E-state index contributed by atoms with van der Waals surface area (Å²) in [5, 5.41) is 0. The van der Waals surface area contributed by atoms with E-state index >= 15 is 0 Å². The van der Waals surface area contributed by atoms with Gasteiger partial charge < -0.3 is 4.55 Å². The molecule has 66 valence electrons. The summed E-state index contributed by atoms with van der Waals surface area (Å²) >= 11 is 3.58. The number of halogens is 1. The van der Waals surface area contributed by atoms with Gasteiger partial charge in [0, 0.05) is 11.6 Å². The second-order valence-corrected chi connectivity index (χ2v) is 3.51. The number of hydrogen-bond donors (Lipinski definition) is 0. The molecule has 0 heterocycles. The Balaban J connectivity index is 2.89. The summed E-state index contributed by atoms with van der Waals surface area (Å²) < 4.78 is 20.8. The summed E-state index contributed by atoms with van der Waals surface area (Å²) in [6.07, 6.45) is 0. The Morgan fingerprint density at radius 3 is 2.42 bits per heavy atom. The first-order valence-electron chi connectivity index (χ1n) is 3.42. The topological polar surface area (TPSA) is 40.1 Å². The van der Waals surface area contributed by atoms with Crippen molar-refractivity contribution in [2.75, 3.05) is 0 Å². The summed E-state index contributed by atoms with van der Waals surface area (Å²) in [5.41, 5.74) is 1.66. The number of hydrogen-bond acceptors (Lipinski definition) is 2. The standard InChI is InChI=1S/C8H9ClO2S/c9-5-7-3-1-2-4-8(7)6-12(10)11/h1-4H,5-6H2,(H,10,11)/p-1. The zero-order valence-electron chi connectivity index (χ0n) is 6.33. The van der Waals surface area contributed by atoms with Gasteiger partial charge >= 0.3 is 0 Å². The van der Waals surface area contributed by atoms with Crippen molar-refractivity contribution in [3.8, 4) is 0 Å². The van der Waals surface area contributed by atoms with Gasteiger partial charge in [-0.3, -0.25) is 4.21 Å². The molecule has 0 radical (unpaired) electrons. The third kappa shape index (κ3) is 2.59. The first-order valence-corrected chi connectivity index (χ1v) is 5.20. The molecule has 1 unspecified atom stereocenters. The Morgan fingerprint density at radius 1 is 1.33 bits per heavy atom. The maximum absolute atomic E-state index is 10.4. The van der Waals surface area contributed by atoms with Crippen LogP contribution in [0.3, 0.4) is 0 Å². The van der Waals surface area contributed by atoms with E-state index in [1.165, 1.54) is 0 Å². The van der Waals surface area contributed by atoms with Crippen LogP contribution in [0, 0.1) is 0 Å². The molecule has 0 N–H and O–H groups in total. The second-order valence-electron chi connectivity index (χ2n) is 2.35. The molecule has 0 aliphatic carbocycles. The SMILES string of the molecule is O=S([O-])Cc1ccccc1CCl. The van der Waals surface area contributed by atoms with Crippen LogP contribution in [0.4, 0.5) is 0 Å². The highest BCUT2D eigenvalue weighted by Gasteiger charge is 1.98. The molecule has 4 heteroatoms. The van der Waals surface area contributed by atoms with Gasteiger partial charge in [-0.2, -0.15) is 0 Å². The average molecular weight is 204 g/mol. The van der Waals surface area contributed by atoms with Crippen LogP contribution in [0.1, 0.15) is 11.1 Å². The van der Waals surface area contributed by atoms with Gasteiger partial charge in [0.05, 0.1) is 0 Å². The van der Waals surface area contributed by atoms with Crippen LogP contribution in [0.25, 0.3) is 0 Å². The van der Waals surface area contributed by atoms with Crippen molar-refractivity contribution in [3.05, 3.63) is 35.4 Å². The average Bonchev–Trinajstić information content (AvgIpc) is 2.04. The van der Waals surface area contributed by atoms with Crippen molar-refractivity contribution in [1.82, 2.24) is 0 Å². The molecule has 1 rings (SSSR count). The van der Waals surface area contributed by atoms with Gasteiger partial charge in [0.25, 0.3) is 0 Å². The molecule has 0 bridgehead atoms. The highest BCUT2D eigenvalue weighted by atomic mass is 35.5. The maximum Gasteiger partial charge on any atom is 0.0477 e. The van der Waals surface area contributed by atoms with Crippen LogP contribution in [0.2, 0.25) is 0 Å². The Hall–Kier alpha value is -0.380. The highest BCUT2D eigenvalue weighted by molar-refractivity contribution is 7.78. The van der Waals surface area contributed by atoms with Gasteiger partial charge in [-0.1, -0.05) is 35.3 Å². The molecule has 0 spiro atoms. The van der Waals surface area contributed by atoms with Crippen LogP contribution in [-0.4, -0.2) is 8.76 Å². The van der Waals surface area contributed by atoms with Crippen molar-refractivity contribution in [3.63, 3.8) is 0 Å². The predicted octanol–water partition coefficient (Wildman–Crippen LogP) is 1.80. The van der Waals surface area contributed by atoms with E-state index < -0.39 is 11.1 Å². The summed E-state index contributed by atoms with van der Waals surface area (Å²) in [6, 6.07) is 7.25. The van der Waals surface area contributed by atoms with Gasteiger partial charge in [-0.15, -0.1) is 11.6 Å². The molecule has 0 fully saturated rings. The minimum atomic E-state index is -2.04. The highest BCUT2D eigenvalue weighted by Crippen LogP contribution is 2.12. The first kappa shape index (κ1) is 9.71. The van der Waals surface area contributed by atoms with E-state index in [4.69, 9.17) is 11.6 Å². The fraction of sp³-hybridized carbons (Fsp3) is 0.250. The first-order chi connectivity index (χ1) is 5.74. The van der Waals surface area contributed by atoms with Crippen molar-refractivity contribution < 1.29 is 8.76 Å². The fourth-order valence-corrected chi connectivity index (χ4v) is 1.75. The summed E-state index contributed by atoms with van der Waals surface area (Å²) in [4.78, 5) is 0. The number of benzene rings is 1. The predicted molar refractivity (Wildman–Crippen MR) is 48.6 cm³/mol. The minimum absolute atomic E-state index is 0.0445. The van der Waals surface area contributed by atoms with Crippen LogP contribution in [-0.2, 0) is 22.7 Å². The van der Waals surface area contributed by atoms with Crippen molar-refractivity contribution in [2.45, 2.75) is 11.6 Å². The molecule has 0 saturated carbocycles. The zero-order chi connectivity index (χ0) is 8.97. The van der Waals surface area contributed by atoms with Gasteiger partial charge in [-0.25, -0.2) is 0 Å². The molecular formula is C8H8ClO2S-. The molecule has 0 aliphatic heterocycles. The molecule has 0 aromatic heterocycles. The third-order valence-corrected chi connectivity index (χ3v) is 2.37. The zero-order valence-corrected chi connectivity index (χ0v) is 7.90. The lowest BCUT2D eigenvalue weighted by Gasteiger charge is -2.08. The maximum atomic E-state index is 10.4. The Kier molecular flexibility index (Phi) is 3.72. The van der Waals surface area contributed by atoms with E-state index in [9.17, 15) is 8.76 Å². The van der Waals surface area contributed by atoms with Gasteiger partial charge in [0.1, 0.15) is 0 Å². The lowest BCUT2D eigenvalue weighted by molar-refractivity contribution is 0.536. The van der Waals surface area contributed by atoms with E-state index in [-0.39, 0.29) is 5.75 Å². The van der Waals surface area contributed by atoms with Crippen LogP contribution in [0.5, 0.6) is 0 Å². The van der Waals surface area contributed by atoms with E-state index in [1.807, 2.05) is 12.1 Å². The van der Waals surface area contributed by atoms with Crippen molar-refractivity contribution in [1.29, 1.82) is 0 Å². The van der Waals surface area contributed by atoms with Gasteiger partial charge in [-0.05, 0) is 11.1 Å². The fourth-order valence-electron chi connectivity index (χ4n) is 0.956. The monoisotopic (exact) mass is 203 g/mol.